The van der Waals surface area contributed by atoms with Gasteiger partial charge >= 0.3 is 0 Å². The summed E-state index contributed by atoms with van der Waals surface area (Å²) in [5, 5.41) is 17.9. The molecule has 0 aliphatic heterocycles. The molecule has 100 valence electrons. The molecule has 1 aromatic carbocycles. The summed E-state index contributed by atoms with van der Waals surface area (Å²) in [6, 6.07) is 9.99. The van der Waals surface area contributed by atoms with Crippen LogP contribution < -0.4 is 4.74 Å². The zero-order chi connectivity index (χ0) is 14.3. The lowest BCUT2D eigenvalue weighted by molar-refractivity contribution is 0.260. The molecule has 0 amide bonds. The lowest BCUT2D eigenvalue weighted by atomic mass is 10.1. The smallest absolute Gasteiger partial charge is 0.136 e. The first-order chi connectivity index (χ1) is 9.14. The second kappa shape index (κ2) is 7.41. The fourth-order valence-electron chi connectivity index (χ4n) is 1.93. The molecule has 1 aromatic rings. The molecule has 1 rings (SSSR count). The Labute approximate surface area is 114 Å². The highest BCUT2D eigenvalue weighted by Crippen LogP contribution is 2.19. The zero-order valence-corrected chi connectivity index (χ0v) is 11.7. The first kappa shape index (κ1) is 15.0. The van der Waals surface area contributed by atoms with Crippen LogP contribution in [0.2, 0.25) is 0 Å². The first-order valence-electron chi connectivity index (χ1n) is 6.33. The van der Waals surface area contributed by atoms with Gasteiger partial charge in [0.05, 0.1) is 24.7 Å². The van der Waals surface area contributed by atoms with E-state index >= 15 is 0 Å². The number of hydrogen-bond donors (Lipinski definition) is 0. The Hall–Kier alpha value is -2.04. The van der Waals surface area contributed by atoms with Gasteiger partial charge in [0.25, 0.3) is 0 Å². The number of methoxy groups -OCH3 is 1. The maximum absolute atomic E-state index is 9.06. The SMILES string of the molecule is CCN(Cc1ccc(OC)c(C#N)c1)CC(C)C#N. The van der Waals surface area contributed by atoms with Gasteiger partial charge in [-0.25, -0.2) is 0 Å². The fourth-order valence-corrected chi connectivity index (χ4v) is 1.93. The molecule has 0 saturated heterocycles. The molecule has 0 saturated carbocycles. The molecular formula is C15H19N3O. The van der Waals surface area contributed by atoms with Crippen LogP contribution in [-0.2, 0) is 6.54 Å². The van der Waals surface area contributed by atoms with Gasteiger partial charge in [-0.15, -0.1) is 0 Å². The molecule has 4 nitrogen and oxygen atoms in total. The summed E-state index contributed by atoms with van der Waals surface area (Å²) in [4.78, 5) is 2.19. The molecule has 0 aliphatic rings. The van der Waals surface area contributed by atoms with E-state index in [4.69, 9.17) is 15.3 Å². The molecule has 0 bridgehead atoms. The maximum atomic E-state index is 9.06. The monoisotopic (exact) mass is 257 g/mol. The molecule has 1 unspecified atom stereocenters. The molecule has 0 heterocycles. The van der Waals surface area contributed by atoms with Crippen molar-refractivity contribution in [3.8, 4) is 17.9 Å². The van der Waals surface area contributed by atoms with Crippen molar-refractivity contribution in [1.82, 2.24) is 4.90 Å². The summed E-state index contributed by atoms with van der Waals surface area (Å²) < 4.78 is 5.13. The van der Waals surface area contributed by atoms with Crippen molar-refractivity contribution in [1.29, 1.82) is 10.5 Å². The average Bonchev–Trinajstić information content (AvgIpc) is 2.45. The van der Waals surface area contributed by atoms with Crippen LogP contribution in [0.25, 0.3) is 0 Å². The van der Waals surface area contributed by atoms with E-state index < -0.39 is 0 Å². The Balaban J connectivity index is 2.81. The highest BCUT2D eigenvalue weighted by atomic mass is 16.5. The average molecular weight is 257 g/mol. The third kappa shape index (κ3) is 4.28. The van der Waals surface area contributed by atoms with Crippen molar-refractivity contribution in [2.75, 3.05) is 20.2 Å². The van der Waals surface area contributed by atoms with Crippen molar-refractivity contribution in [2.24, 2.45) is 5.92 Å². The lowest BCUT2D eigenvalue weighted by Gasteiger charge is -2.21. The zero-order valence-electron chi connectivity index (χ0n) is 11.7. The Bertz CT molecular complexity index is 499. The third-order valence-electron chi connectivity index (χ3n) is 2.99. The summed E-state index contributed by atoms with van der Waals surface area (Å²) in [5.41, 5.74) is 1.61. The van der Waals surface area contributed by atoms with Crippen LogP contribution in [0.3, 0.4) is 0 Å². The van der Waals surface area contributed by atoms with E-state index in [0.717, 1.165) is 25.2 Å². The molecule has 1 atom stereocenters. The molecule has 4 heteroatoms. The van der Waals surface area contributed by atoms with Crippen LogP contribution >= 0.6 is 0 Å². The molecule has 0 aromatic heterocycles. The summed E-state index contributed by atoms with van der Waals surface area (Å²) in [5.74, 6) is 0.605. The van der Waals surface area contributed by atoms with Crippen molar-refractivity contribution in [2.45, 2.75) is 20.4 Å². The molecule has 0 aliphatic carbocycles. The van der Waals surface area contributed by atoms with Gasteiger partial charge in [0.1, 0.15) is 11.8 Å². The lowest BCUT2D eigenvalue weighted by Crippen LogP contribution is -2.27. The van der Waals surface area contributed by atoms with E-state index in [1.807, 2.05) is 25.1 Å². The van der Waals surface area contributed by atoms with Crippen LogP contribution in [0.1, 0.15) is 25.0 Å². The highest BCUT2D eigenvalue weighted by molar-refractivity contribution is 5.45. The number of rotatable bonds is 6. The molecular weight excluding hydrogens is 238 g/mol. The van der Waals surface area contributed by atoms with E-state index in [1.165, 1.54) is 0 Å². The van der Waals surface area contributed by atoms with E-state index in [2.05, 4.69) is 24.0 Å². The Morgan fingerprint density at radius 3 is 2.63 bits per heavy atom. The minimum absolute atomic E-state index is 0.00800. The number of nitrogens with zero attached hydrogens (tertiary/aromatic N) is 3. The van der Waals surface area contributed by atoms with Gasteiger partial charge in [0.2, 0.25) is 0 Å². The second-order valence-corrected chi connectivity index (χ2v) is 4.50. The Morgan fingerprint density at radius 1 is 1.37 bits per heavy atom. The van der Waals surface area contributed by atoms with Crippen LogP contribution in [0.15, 0.2) is 18.2 Å². The van der Waals surface area contributed by atoms with E-state index in [0.29, 0.717) is 11.3 Å². The van der Waals surface area contributed by atoms with Crippen LogP contribution in [0, 0.1) is 28.6 Å². The Morgan fingerprint density at radius 2 is 2.11 bits per heavy atom. The van der Waals surface area contributed by atoms with Crippen LogP contribution in [0.4, 0.5) is 0 Å². The first-order valence-corrected chi connectivity index (χ1v) is 6.33. The third-order valence-corrected chi connectivity index (χ3v) is 2.99. The van der Waals surface area contributed by atoms with Crippen LogP contribution in [-0.4, -0.2) is 25.1 Å². The van der Waals surface area contributed by atoms with Gasteiger partial charge in [-0.05, 0) is 31.2 Å². The van der Waals surface area contributed by atoms with Gasteiger partial charge in [-0.2, -0.15) is 10.5 Å². The van der Waals surface area contributed by atoms with E-state index in [1.54, 1.807) is 7.11 Å². The van der Waals surface area contributed by atoms with Crippen molar-refractivity contribution < 1.29 is 4.74 Å². The fraction of sp³-hybridized carbons (Fsp3) is 0.467. The van der Waals surface area contributed by atoms with Gasteiger partial charge in [-0.1, -0.05) is 13.0 Å². The number of ether oxygens (including phenoxy) is 1. The van der Waals surface area contributed by atoms with Crippen molar-refractivity contribution in [3.05, 3.63) is 29.3 Å². The predicted octanol–water partition coefficient (Wildman–Crippen LogP) is 2.55. The van der Waals surface area contributed by atoms with Gasteiger partial charge in [0, 0.05) is 13.1 Å². The number of hydrogen-bond acceptors (Lipinski definition) is 4. The highest BCUT2D eigenvalue weighted by Gasteiger charge is 2.10. The quantitative estimate of drug-likeness (QED) is 0.785. The predicted molar refractivity (Wildman–Crippen MR) is 73.4 cm³/mol. The standard InChI is InChI=1S/C15H19N3O/c1-4-18(10-12(2)8-16)11-13-5-6-15(19-3)14(7-13)9-17/h5-7,12H,4,10-11H2,1-3H3. The summed E-state index contributed by atoms with van der Waals surface area (Å²) >= 11 is 0. The second-order valence-electron chi connectivity index (χ2n) is 4.50. The maximum Gasteiger partial charge on any atom is 0.136 e. The minimum atomic E-state index is 0.00800. The van der Waals surface area contributed by atoms with Crippen molar-refractivity contribution >= 4 is 0 Å². The minimum Gasteiger partial charge on any atom is -0.495 e. The van der Waals surface area contributed by atoms with E-state index in [9.17, 15) is 0 Å². The van der Waals surface area contributed by atoms with E-state index in [-0.39, 0.29) is 5.92 Å². The summed E-state index contributed by atoms with van der Waals surface area (Å²) in [6.07, 6.45) is 0. The summed E-state index contributed by atoms with van der Waals surface area (Å²) in [6.45, 7) is 6.33. The van der Waals surface area contributed by atoms with Crippen molar-refractivity contribution in [3.63, 3.8) is 0 Å². The van der Waals surface area contributed by atoms with Gasteiger partial charge in [-0.3, -0.25) is 4.90 Å². The number of benzene rings is 1. The number of nitriles is 2. The molecule has 0 fully saturated rings. The molecule has 0 radical (unpaired) electrons. The molecule has 0 spiro atoms. The normalized spacial score (nSPS) is 11.7. The Kier molecular flexibility index (Phi) is 5.85. The topological polar surface area (TPSA) is 60.0 Å². The molecule has 19 heavy (non-hydrogen) atoms. The largest absolute Gasteiger partial charge is 0.495 e. The van der Waals surface area contributed by atoms with Crippen LogP contribution in [0.5, 0.6) is 5.75 Å². The summed E-state index contributed by atoms with van der Waals surface area (Å²) in [7, 11) is 1.56. The van der Waals surface area contributed by atoms with Gasteiger partial charge < -0.3 is 4.74 Å². The van der Waals surface area contributed by atoms with Gasteiger partial charge in [0.15, 0.2) is 0 Å². The molecule has 0 N–H and O–H groups in total.